The Morgan fingerprint density at radius 2 is 1.90 bits per heavy atom. The van der Waals surface area contributed by atoms with Gasteiger partial charge in [-0.2, -0.15) is 0 Å². The van der Waals surface area contributed by atoms with Crippen molar-refractivity contribution in [3.05, 3.63) is 24.3 Å². The molecule has 0 heterocycles. The van der Waals surface area contributed by atoms with E-state index < -0.39 is 12.2 Å². The predicted octanol–water partition coefficient (Wildman–Crippen LogP) is 5.34. The molecule has 0 saturated heterocycles. The number of carbonyl (C=O) groups is 1. The second-order valence-corrected chi connectivity index (χ2v) is 9.04. The van der Waals surface area contributed by atoms with Gasteiger partial charge in [-0.1, -0.05) is 57.4 Å². The molecule has 1 fully saturated rings. The topological polar surface area (TPSA) is 76.0 Å². The summed E-state index contributed by atoms with van der Waals surface area (Å²) in [6.45, 7) is 8.66. The highest BCUT2D eigenvalue weighted by atomic mass is 16.5. The SMILES string of the molecule is CCCCCC(O)C=CC1C(OCCC)CC(O)C1CC=CCCCC(=O)OC(C)C. The van der Waals surface area contributed by atoms with Crippen LogP contribution in [0.2, 0.25) is 0 Å². The summed E-state index contributed by atoms with van der Waals surface area (Å²) in [4.78, 5) is 11.6. The standard InChI is InChI=1S/C26H46O5/c1-5-7-10-13-21(27)16-17-23-22(24(28)19-25(23)30-18-6-2)14-11-8-9-12-15-26(29)31-20(3)4/h8,11,16-17,20-25,27-28H,5-7,9-10,12-15,18-19H2,1-4H3. The molecule has 0 aromatic carbocycles. The first-order chi connectivity index (χ1) is 14.9. The minimum atomic E-state index is -0.432. The van der Waals surface area contributed by atoms with Crippen molar-refractivity contribution in [3.63, 3.8) is 0 Å². The number of esters is 1. The predicted molar refractivity (Wildman–Crippen MR) is 126 cm³/mol. The lowest BCUT2D eigenvalue weighted by Crippen LogP contribution is -2.22. The molecule has 0 bridgehead atoms. The average molecular weight is 439 g/mol. The molecule has 0 aliphatic heterocycles. The number of ether oxygens (including phenoxy) is 2. The van der Waals surface area contributed by atoms with Gasteiger partial charge in [0.1, 0.15) is 0 Å². The quantitative estimate of drug-likeness (QED) is 0.193. The first-order valence-electron chi connectivity index (χ1n) is 12.4. The van der Waals surface area contributed by atoms with Crippen LogP contribution in [0.1, 0.15) is 91.9 Å². The van der Waals surface area contributed by atoms with E-state index >= 15 is 0 Å². The molecule has 1 saturated carbocycles. The summed E-state index contributed by atoms with van der Waals surface area (Å²) in [6.07, 6.45) is 15.8. The Morgan fingerprint density at radius 3 is 2.58 bits per heavy atom. The molecular formula is C26H46O5. The zero-order valence-electron chi connectivity index (χ0n) is 20.2. The van der Waals surface area contributed by atoms with E-state index in [0.717, 1.165) is 51.4 Å². The highest BCUT2D eigenvalue weighted by Crippen LogP contribution is 2.38. The van der Waals surface area contributed by atoms with Crippen molar-refractivity contribution >= 4 is 5.97 Å². The zero-order chi connectivity index (χ0) is 23.1. The molecule has 5 heteroatoms. The van der Waals surface area contributed by atoms with Crippen LogP contribution in [0, 0.1) is 11.8 Å². The molecule has 180 valence electrons. The largest absolute Gasteiger partial charge is 0.463 e. The number of aliphatic hydroxyl groups excluding tert-OH is 2. The maximum atomic E-state index is 11.6. The van der Waals surface area contributed by atoms with E-state index in [-0.39, 0.29) is 30.0 Å². The van der Waals surface area contributed by atoms with Crippen molar-refractivity contribution in [2.24, 2.45) is 11.8 Å². The molecule has 5 nitrogen and oxygen atoms in total. The molecule has 0 aromatic heterocycles. The fraction of sp³-hybridized carbons (Fsp3) is 0.808. The highest BCUT2D eigenvalue weighted by molar-refractivity contribution is 5.69. The van der Waals surface area contributed by atoms with Gasteiger partial charge in [0.2, 0.25) is 0 Å². The Labute approximate surface area is 189 Å². The molecule has 2 N–H and O–H groups in total. The van der Waals surface area contributed by atoms with Crippen molar-refractivity contribution in [1.82, 2.24) is 0 Å². The van der Waals surface area contributed by atoms with Crippen LogP contribution in [-0.2, 0) is 14.3 Å². The second kappa shape index (κ2) is 16.5. The van der Waals surface area contributed by atoms with E-state index in [4.69, 9.17) is 9.47 Å². The third-order valence-electron chi connectivity index (χ3n) is 5.78. The molecule has 5 atom stereocenters. The molecule has 31 heavy (non-hydrogen) atoms. The van der Waals surface area contributed by atoms with E-state index in [9.17, 15) is 15.0 Å². The summed E-state index contributed by atoms with van der Waals surface area (Å²) in [7, 11) is 0. The monoisotopic (exact) mass is 438 g/mol. The van der Waals surface area contributed by atoms with Gasteiger partial charge in [0.15, 0.2) is 0 Å². The molecule has 0 amide bonds. The molecular weight excluding hydrogens is 392 g/mol. The number of hydrogen-bond donors (Lipinski definition) is 2. The van der Waals surface area contributed by atoms with E-state index in [0.29, 0.717) is 19.4 Å². The number of allylic oxidation sites excluding steroid dienone is 2. The highest BCUT2D eigenvalue weighted by Gasteiger charge is 2.41. The summed E-state index contributed by atoms with van der Waals surface area (Å²) in [5.41, 5.74) is 0. The van der Waals surface area contributed by atoms with Gasteiger partial charge in [0.05, 0.1) is 24.4 Å². The lowest BCUT2D eigenvalue weighted by molar-refractivity contribution is -0.147. The summed E-state index contributed by atoms with van der Waals surface area (Å²) >= 11 is 0. The molecule has 0 radical (unpaired) electrons. The molecule has 0 spiro atoms. The third-order valence-corrected chi connectivity index (χ3v) is 5.78. The van der Waals surface area contributed by atoms with Crippen LogP contribution in [0.4, 0.5) is 0 Å². The summed E-state index contributed by atoms with van der Waals surface area (Å²) in [5, 5.41) is 20.9. The van der Waals surface area contributed by atoms with E-state index in [1.807, 2.05) is 19.9 Å². The Hall–Kier alpha value is -1.17. The van der Waals surface area contributed by atoms with Gasteiger partial charge in [-0.15, -0.1) is 0 Å². The Bertz CT molecular complexity index is 528. The minimum absolute atomic E-state index is 0.00162. The summed E-state index contributed by atoms with van der Waals surface area (Å²) < 4.78 is 11.2. The van der Waals surface area contributed by atoms with Crippen LogP contribution in [0.3, 0.4) is 0 Å². The van der Waals surface area contributed by atoms with Crippen LogP contribution >= 0.6 is 0 Å². The normalized spacial score (nSPS) is 25.1. The molecule has 1 aliphatic carbocycles. The smallest absolute Gasteiger partial charge is 0.306 e. The van der Waals surface area contributed by atoms with Crippen LogP contribution in [0.15, 0.2) is 24.3 Å². The molecule has 0 aromatic rings. The summed E-state index contributed by atoms with van der Waals surface area (Å²) in [5.74, 6) is 0.0457. The number of carbonyl (C=O) groups excluding carboxylic acids is 1. The van der Waals surface area contributed by atoms with Crippen molar-refractivity contribution < 1.29 is 24.5 Å². The lowest BCUT2D eigenvalue weighted by Gasteiger charge is -2.22. The maximum Gasteiger partial charge on any atom is 0.306 e. The van der Waals surface area contributed by atoms with Crippen molar-refractivity contribution in [2.45, 2.75) is 116 Å². The van der Waals surface area contributed by atoms with Crippen molar-refractivity contribution in [2.75, 3.05) is 6.61 Å². The van der Waals surface area contributed by atoms with Gasteiger partial charge in [-0.3, -0.25) is 4.79 Å². The maximum absolute atomic E-state index is 11.6. The van der Waals surface area contributed by atoms with E-state index in [2.05, 4.69) is 32.1 Å². The second-order valence-electron chi connectivity index (χ2n) is 9.04. The summed E-state index contributed by atoms with van der Waals surface area (Å²) in [6, 6.07) is 0. The fourth-order valence-corrected chi connectivity index (χ4v) is 4.14. The number of rotatable bonds is 16. The fourth-order valence-electron chi connectivity index (χ4n) is 4.14. The van der Waals surface area contributed by atoms with Gasteiger partial charge < -0.3 is 19.7 Å². The van der Waals surface area contributed by atoms with Gasteiger partial charge in [-0.05, 0) is 51.9 Å². The minimum Gasteiger partial charge on any atom is -0.463 e. The molecule has 5 unspecified atom stereocenters. The zero-order valence-corrected chi connectivity index (χ0v) is 20.2. The number of unbranched alkanes of at least 4 members (excludes halogenated alkanes) is 3. The van der Waals surface area contributed by atoms with Gasteiger partial charge in [-0.25, -0.2) is 0 Å². The first kappa shape index (κ1) is 27.9. The van der Waals surface area contributed by atoms with E-state index in [1.54, 1.807) is 0 Å². The van der Waals surface area contributed by atoms with Crippen LogP contribution in [0.5, 0.6) is 0 Å². The van der Waals surface area contributed by atoms with Gasteiger partial charge in [0, 0.05) is 25.4 Å². The van der Waals surface area contributed by atoms with E-state index in [1.165, 1.54) is 0 Å². The Kier molecular flexibility index (Phi) is 14.8. The average Bonchev–Trinajstić information content (AvgIpc) is 3.01. The van der Waals surface area contributed by atoms with Crippen LogP contribution in [-0.4, -0.2) is 47.2 Å². The van der Waals surface area contributed by atoms with Crippen LogP contribution in [0.25, 0.3) is 0 Å². The lowest BCUT2D eigenvalue weighted by atomic mass is 9.89. The van der Waals surface area contributed by atoms with Crippen molar-refractivity contribution in [1.29, 1.82) is 0 Å². The Morgan fingerprint density at radius 1 is 1.13 bits per heavy atom. The molecule has 1 rings (SSSR count). The van der Waals surface area contributed by atoms with Crippen molar-refractivity contribution in [3.8, 4) is 0 Å². The van der Waals surface area contributed by atoms with Gasteiger partial charge >= 0.3 is 5.97 Å². The number of hydrogen-bond acceptors (Lipinski definition) is 5. The third kappa shape index (κ3) is 11.9. The first-order valence-corrected chi connectivity index (χ1v) is 12.4. The Balaban J connectivity index is 2.57. The molecule has 1 aliphatic rings. The van der Waals surface area contributed by atoms with Crippen LogP contribution < -0.4 is 0 Å². The number of aliphatic hydroxyl groups is 2. The van der Waals surface area contributed by atoms with Gasteiger partial charge in [0.25, 0.3) is 0 Å².